The molecule has 0 fully saturated rings. The van der Waals surface area contributed by atoms with E-state index >= 15 is 0 Å². The number of fused-ring (bicyclic) bond motifs is 1. The van der Waals surface area contributed by atoms with Gasteiger partial charge in [-0.05, 0) is 24.1 Å². The molecule has 0 spiro atoms. The predicted octanol–water partition coefficient (Wildman–Crippen LogP) is 2.14. The standard InChI is InChI=1S/C21H26N6O2/c1-4-16(14-8-6-5-7-9-14)27-19-15(10-11-18(23-2)25-19)24-20(21(27)29)26(3)13-12-17(22)28/h5-11,16H,4,12-13H2,1-3H3,(H2,22,28)(H,23,25)/t16-/m0/s1. The number of amides is 1. The molecule has 3 rings (SSSR count). The number of nitrogens with two attached hydrogens (primary N) is 1. The molecule has 2 aromatic heterocycles. The van der Waals surface area contributed by atoms with E-state index in [0.29, 0.717) is 29.9 Å². The average Bonchev–Trinajstić information content (AvgIpc) is 2.74. The molecule has 0 saturated heterocycles. The van der Waals surface area contributed by atoms with Crippen molar-refractivity contribution in [2.75, 3.05) is 30.9 Å². The quantitative estimate of drug-likeness (QED) is 0.606. The molecule has 0 aliphatic carbocycles. The van der Waals surface area contributed by atoms with E-state index in [1.165, 1.54) is 0 Å². The van der Waals surface area contributed by atoms with Crippen LogP contribution in [0.25, 0.3) is 11.2 Å². The second-order valence-electron chi connectivity index (χ2n) is 6.87. The molecule has 0 saturated carbocycles. The highest BCUT2D eigenvalue weighted by Gasteiger charge is 2.22. The lowest BCUT2D eigenvalue weighted by molar-refractivity contribution is -0.117. The Labute approximate surface area is 169 Å². The first-order chi connectivity index (χ1) is 14.0. The van der Waals surface area contributed by atoms with E-state index in [1.807, 2.05) is 49.4 Å². The molecule has 0 bridgehead atoms. The summed E-state index contributed by atoms with van der Waals surface area (Å²) in [5, 5.41) is 3.02. The zero-order valence-corrected chi connectivity index (χ0v) is 16.9. The molecule has 3 N–H and O–H groups in total. The minimum Gasteiger partial charge on any atom is -0.373 e. The first kappa shape index (κ1) is 20.3. The molecule has 29 heavy (non-hydrogen) atoms. The number of nitrogens with one attached hydrogen (secondary N) is 1. The van der Waals surface area contributed by atoms with Crippen LogP contribution < -0.4 is 21.5 Å². The fourth-order valence-corrected chi connectivity index (χ4v) is 3.37. The summed E-state index contributed by atoms with van der Waals surface area (Å²) >= 11 is 0. The van der Waals surface area contributed by atoms with Crippen molar-refractivity contribution in [3.05, 3.63) is 58.4 Å². The summed E-state index contributed by atoms with van der Waals surface area (Å²) in [6.07, 6.45) is 0.849. The summed E-state index contributed by atoms with van der Waals surface area (Å²) in [5.41, 5.74) is 7.17. The summed E-state index contributed by atoms with van der Waals surface area (Å²) in [5.74, 6) is 0.506. The molecular weight excluding hydrogens is 368 g/mol. The molecule has 8 heteroatoms. The van der Waals surface area contributed by atoms with Gasteiger partial charge < -0.3 is 16.0 Å². The maximum Gasteiger partial charge on any atom is 0.295 e. The molecule has 0 radical (unpaired) electrons. The Bertz CT molecular complexity index is 1060. The van der Waals surface area contributed by atoms with Gasteiger partial charge in [-0.1, -0.05) is 37.3 Å². The van der Waals surface area contributed by atoms with Crippen LogP contribution in [0.5, 0.6) is 0 Å². The van der Waals surface area contributed by atoms with Crippen molar-refractivity contribution in [1.29, 1.82) is 0 Å². The summed E-state index contributed by atoms with van der Waals surface area (Å²) in [7, 11) is 3.52. The third kappa shape index (κ3) is 4.21. The fourth-order valence-electron chi connectivity index (χ4n) is 3.37. The van der Waals surface area contributed by atoms with Crippen molar-refractivity contribution < 1.29 is 4.79 Å². The lowest BCUT2D eigenvalue weighted by Gasteiger charge is -2.24. The van der Waals surface area contributed by atoms with Crippen molar-refractivity contribution in [1.82, 2.24) is 14.5 Å². The van der Waals surface area contributed by atoms with E-state index < -0.39 is 5.91 Å². The first-order valence-corrected chi connectivity index (χ1v) is 9.61. The van der Waals surface area contributed by atoms with Gasteiger partial charge in [0.05, 0.1) is 6.04 Å². The molecular formula is C21H26N6O2. The molecule has 8 nitrogen and oxygen atoms in total. The largest absolute Gasteiger partial charge is 0.373 e. The van der Waals surface area contributed by atoms with Gasteiger partial charge in [0.15, 0.2) is 11.5 Å². The van der Waals surface area contributed by atoms with E-state index in [0.717, 1.165) is 5.56 Å². The van der Waals surface area contributed by atoms with Gasteiger partial charge in [0.25, 0.3) is 5.56 Å². The topological polar surface area (TPSA) is 106 Å². The number of aromatic nitrogens is 3. The maximum atomic E-state index is 13.5. The number of nitrogens with zero attached hydrogens (tertiary/aromatic N) is 4. The summed E-state index contributed by atoms with van der Waals surface area (Å²) in [4.78, 5) is 35.6. The molecule has 2 heterocycles. The normalized spacial score (nSPS) is 12.0. The Balaban J connectivity index is 2.25. The highest BCUT2D eigenvalue weighted by atomic mass is 16.1. The van der Waals surface area contributed by atoms with Crippen molar-refractivity contribution in [3.8, 4) is 0 Å². The number of pyridine rings is 1. The highest BCUT2D eigenvalue weighted by Crippen LogP contribution is 2.25. The molecule has 1 amide bonds. The van der Waals surface area contributed by atoms with Crippen molar-refractivity contribution in [2.24, 2.45) is 5.73 Å². The number of anilines is 2. The highest BCUT2D eigenvalue weighted by molar-refractivity contribution is 5.76. The number of hydrogen-bond donors (Lipinski definition) is 2. The number of benzene rings is 1. The number of hydrogen-bond acceptors (Lipinski definition) is 6. The summed E-state index contributed by atoms with van der Waals surface area (Å²) < 4.78 is 1.70. The van der Waals surface area contributed by atoms with Crippen LogP contribution in [0.1, 0.15) is 31.4 Å². The van der Waals surface area contributed by atoms with Crippen LogP contribution in [0.15, 0.2) is 47.3 Å². The van der Waals surface area contributed by atoms with Crippen LogP contribution in [-0.2, 0) is 4.79 Å². The van der Waals surface area contributed by atoms with Gasteiger partial charge in [0, 0.05) is 27.1 Å². The summed E-state index contributed by atoms with van der Waals surface area (Å²) in [6.45, 7) is 2.35. The van der Waals surface area contributed by atoms with Crippen LogP contribution in [0, 0.1) is 0 Å². The Morgan fingerprint density at radius 1 is 1.21 bits per heavy atom. The zero-order valence-electron chi connectivity index (χ0n) is 16.9. The number of carbonyl (C=O) groups excluding carboxylic acids is 1. The number of rotatable bonds is 8. The SMILES string of the molecule is CC[C@@H](c1ccccc1)n1c(=O)c(N(C)CCC(N)=O)nc2ccc(NC)nc21. The third-order valence-corrected chi connectivity index (χ3v) is 4.91. The van der Waals surface area contributed by atoms with Crippen LogP contribution in [-0.4, -0.2) is 41.1 Å². The number of carbonyl (C=O) groups is 1. The van der Waals surface area contributed by atoms with Crippen LogP contribution >= 0.6 is 0 Å². The Hall–Kier alpha value is -3.42. The van der Waals surface area contributed by atoms with Gasteiger partial charge >= 0.3 is 0 Å². The van der Waals surface area contributed by atoms with Gasteiger partial charge in [0.1, 0.15) is 11.3 Å². The first-order valence-electron chi connectivity index (χ1n) is 9.61. The van der Waals surface area contributed by atoms with Gasteiger partial charge in [0.2, 0.25) is 5.91 Å². The van der Waals surface area contributed by atoms with E-state index in [-0.39, 0.29) is 23.8 Å². The Morgan fingerprint density at radius 2 is 1.93 bits per heavy atom. The van der Waals surface area contributed by atoms with Gasteiger partial charge in [-0.2, -0.15) is 0 Å². The molecule has 0 aliphatic heterocycles. The Morgan fingerprint density at radius 3 is 2.55 bits per heavy atom. The van der Waals surface area contributed by atoms with Gasteiger partial charge in [-0.15, -0.1) is 0 Å². The molecule has 152 valence electrons. The van der Waals surface area contributed by atoms with Crippen LogP contribution in [0.4, 0.5) is 11.6 Å². The molecule has 0 unspecified atom stereocenters. The van der Waals surface area contributed by atoms with Crippen molar-refractivity contribution in [2.45, 2.75) is 25.8 Å². The Kier molecular flexibility index (Phi) is 6.11. The van der Waals surface area contributed by atoms with E-state index in [4.69, 9.17) is 5.73 Å². The molecule has 1 aromatic carbocycles. The average molecular weight is 394 g/mol. The minimum atomic E-state index is -0.422. The second kappa shape index (κ2) is 8.72. The smallest absolute Gasteiger partial charge is 0.295 e. The van der Waals surface area contributed by atoms with Gasteiger partial charge in [-0.3, -0.25) is 14.2 Å². The molecule has 0 aliphatic rings. The monoisotopic (exact) mass is 394 g/mol. The number of primary amides is 1. The van der Waals surface area contributed by atoms with Crippen LogP contribution in [0.2, 0.25) is 0 Å². The third-order valence-electron chi connectivity index (χ3n) is 4.91. The van der Waals surface area contributed by atoms with E-state index in [2.05, 4.69) is 15.3 Å². The van der Waals surface area contributed by atoms with Crippen molar-refractivity contribution >= 4 is 28.7 Å². The lowest BCUT2D eigenvalue weighted by Crippen LogP contribution is -2.35. The fraction of sp³-hybridized carbons (Fsp3) is 0.333. The molecule has 1 atom stereocenters. The molecule has 3 aromatic rings. The van der Waals surface area contributed by atoms with E-state index in [1.54, 1.807) is 23.6 Å². The second-order valence-corrected chi connectivity index (χ2v) is 6.87. The van der Waals surface area contributed by atoms with E-state index in [9.17, 15) is 9.59 Å². The zero-order chi connectivity index (χ0) is 21.0. The lowest BCUT2D eigenvalue weighted by atomic mass is 10.0. The maximum absolute atomic E-state index is 13.5. The minimum absolute atomic E-state index is 0.141. The predicted molar refractivity (Wildman–Crippen MR) is 115 cm³/mol. The van der Waals surface area contributed by atoms with Crippen molar-refractivity contribution in [3.63, 3.8) is 0 Å². The van der Waals surface area contributed by atoms with Gasteiger partial charge in [-0.25, -0.2) is 9.97 Å². The summed E-state index contributed by atoms with van der Waals surface area (Å²) in [6, 6.07) is 13.3. The van der Waals surface area contributed by atoms with Crippen LogP contribution in [0.3, 0.4) is 0 Å².